The molecule has 10 heteroatoms. The molecule has 0 unspecified atom stereocenters. The van der Waals surface area contributed by atoms with Gasteiger partial charge in [-0.25, -0.2) is 9.79 Å². The summed E-state index contributed by atoms with van der Waals surface area (Å²) >= 11 is 16.8. The zero-order chi connectivity index (χ0) is 25.1. The molecular formula is C25H17BrCl2N2O4S. The second-order valence-corrected chi connectivity index (χ2v) is 10.2. The molecule has 0 atom stereocenters. The number of halogens is 3. The lowest BCUT2D eigenvalue weighted by atomic mass is 10.1. The van der Waals surface area contributed by atoms with Crippen molar-refractivity contribution in [3.8, 4) is 5.75 Å². The first kappa shape index (κ1) is 25.3. The molecule has 6 nitrogen and oxygen atoms in total. The van der Waals surface area contributed by atoms with E-state index in [0.717, 1.165) is 15.6 Å². The summed E-state index contributed by atoms with van der Waals surface area (Å²) in [7, 11) is 1.64. The summed E-state index contributed by atoms with van der Waals surface area (Å²) in [5, 5.41) is 10.5. The van der Waals surface area contributed by atoms with Gasteiger partial charge in [0.05, 0.1) is 26.2 Å². The molecule has 1 amide bonds. The molecule has 178 valence electrons. The van der Waals surface area contributed by atoms with Crippen LogP contribution >= 0.6 is 50.9 Å². The van der Waals surface area contributed by atoms with Gasteiger partial charge < -0.3 is 9.84 Å². The van der Waals surface area contributed by atoms with Crippen molar-refractivity contribution < 1.29 is 19.4 Å². The topological polar surface area (TPSA) is 79.2 Å². The molecule has 4 rings (SSSR count). The van der Waals surface area contributed by atoms with Crippen LogP contribution in [-0.2, 0) is 11.4 Å². The Hall–Kier alpha value is -2.78. The monoisotopic (exact) mass is 590 g/mol. The normalized spacial score (nSPS) is 15.8. The van der Waals surface area contributed by atoms with E-state index < -0.39 is 5.97 Å². The first-order valence-corrected chi connectivity index (χ1v) is 12.5. The maximum atomic E-state index is 12.9. The predicted octanol–water partition coefficient (Wildman–Crippen LogP) is 7.27. The Labute approximate surface area is 224 Å². The van der Waals surface area contributed by atoms with E-state index in [0.29, 0.717) is 31.6 Å². The average Bonchev–Trinajstić information content (AvgIpc) is 3.08. The summed E-state index contributed by atoms with van der Waals surface area (Å²) in [6, 6.07) is 17.0. The number of rotatable bonds is 6. The van der Waals surface area contributed by atoms with Gasteiger partial charge in [-0.2, -0.15) is 0 Å². The number of likely N-dealkylation sites (N-methyl/N-ethyl adjacent to an activating group) is 1. The number of aliphatic imine (C=N–C) groups is 1. The summed E-state index contributed by atoms with van der Waals surface area (Å²) in [4.78, 5) is 30.4. The Morgan fingerprint density at radius 1 is 1.11 bits per heavy atom. The van der Waals surface area contributed by atoms with Crippen LogP contribution in [0.3, 0.4) is 0 Å². The molecule has 0 aliphatic carbocycles. The van der Waals surface area contributed by atoms with Crippen LogP contribution in [0.2, 0.25) is 10.0 Å². The molecule has 0 spiro atoms. The first-order valence-electron chi connectivity index (χ1n) is 10.2. The number of carbonyl (C=O) groups excluding carboxylic acids is 1. The minimum Gasteiger partial charge on any atom is -0.488 e. The highest BCUT2D eigenvalue weighted by Gasteiger charge is 2.30. The molecule has 1 N–H and O–H groups in total. The van der Waals surface area contributed by atoms with Crippen LogP contribution in [0.5, 0.6) is 5.75 Å². The molecule has 1 aliphatic heterocycles. The van der Waals surface area contributed by atoms with Gasteiger partial charge in [0.2, 0.25) is 0 Å². The quantitative estimate of drug-likeness (QED) is 0.305. The highest BCUT2D eigenvalue weighted by molar-refractivity contribution is 9.10. The van der Waals surface area contributed by atoms with E-state index in [4.69, 9.17) is 33.0 Å². The first-order chi connectivity index (χ1) is 16.7. The van der Waals surface area contributed by atoms with Crippen molar-refractivity contribution in [1.82, 2.24) is 4.90 Å². The van der Waals surface area contributed by atoms with Gasteiger partial charge >= 0.3 is 5.97 Å². The standard InChI is InChI=1S/C25H17BrCl2N2O4S/c1-30-23(31)22(35-25(30)29-18-6-3-15(4-7-18)24(32)33)12-16-11-17(26)5-9-21(16)34-13-14-2-8-19(27)20(28)10-14/h2-12H,13H2,1H3,(H,32,33). The minimum absolute atomic E-state index is 0.168. The Morgan fingerprint density at radius 2 is 1.86 bits per heavy atom. The van der Waals surface area contributed by atoms with E-state index in [1.165, 1.54) is 28.8 Å². The summed E-state index contributed by atoms with van der Waals surface area (Å²) in [6.07, 6.45) is 1.76. The van der Waals surface area contributed by atoms with Gasteiger partial charge in [0, 0.05) is 17.1 Å². The van der Waals surface area contributed by atoms with Crippen molar-refractivity contribution >= 4 is 79.7 Å². The molecule has 1 aliphatic rings. The van der Waals surface area contributed by atoms with Crippen LogP contribution in [-0.4, -0.2) is 34.1 Å². The summed E-state index contributed by atoms with van der Waals surface area (Å²) in [6.45, 7) is 0.273. The van der Waals surface area contributed by atoms with Crippen LogP contribution in [0.1, 0.15) is 21.5 Å². The lowest BCUT2D eigenvalue weighted by molar-refractivity contribution is -0.121. The summed E-state index contributed by atoms with van der Waals surface area (Å²) < 4.78 is 6.85. The highest BCUT2D eigenvalue weighted by atomic mass is 79.9. The Bertz CT molecular complexity index is 1380. The van der Waals surface area contributed by atoms with Crippen molar-refractivity contribution in [3.63, 3.8) is 0 Å². The van der Waals surface area contributed by atoms with Crippen molar-refractivity contribution in [3.05, 3.63) is 96.8 Å². The molecule has 0 aromatic heterocycles. The third-order valence-corrected chi connectivity index (χ3v) is 7.27. The molecule has 0 saturated carbocycles. The number of ether oxygens (including phenoxy) is 1. The minimum atomic E-state index is -1.01. The number of carboxylic acid groups (broad SMARTS) is 1. The Balaban J connectivity index is 1.57. The molecule has 1 saturated heterocycles. The van der Waals surface area contributed by atoms with Gasteiger partial charge in [0.25, 0.3) is 5.91 Å². The molecule has 3 aromatic carbocycles. The fourth-order valence-electron chi connectivity index (χ4n) is 3.14. The van der Waals surface area contributed by atoms with Crippen LogP contribution in [0, 0.1) is 0 Å². The molecule has 3 aromatic rings. The number of carboxylic acids is 1. The number of hydrogen-bond donors (Lipinski definition) is 1. The van der Waals surface area contributed by atoms with E-state index in [9.17, 15) is 9.59 Å². The number of amides is 1. The lowest BCUT2D eigenvalue weighted by Gasteiger charge is -2.11. The van der Waals surface area contributed by atoms with E-state index in [2.05, 4.69) is 20.9 Å². The van der Waals surface area contributed by atoms with Crippen LogP contribution in [0.4, 0.5) is 5.69 Å². The average molecular weight is 592 g/mol. The van der Waals surface area contributed by atoms with Gasteiger partial charge in [-0.05, 0) is 78.0 Å². The number of thioether (sulfide) groups is 1. The summed E-state index contributed by atoms with van der Waals surface area (Å²) in [5.41, 5.74) is 2.29. The SMILES string of the molecule is CN1C(=O)C(=Cc2cc(Br)ccc2OCc2ccc(Cl)c(Cl)c2)SC1=Nc1ccc(C(=O)O)cc1. The van der Waals surface area contributed by atoms with Crippen LogP contribution in [0.25, 0.3) is 6.08 Å². The molecular weight excluding hydrogens is 575 g/mol. The van der Waals surface area contributed by atoms with Gasteiger partial charge in [-0.15, -0.1) is 0 Å². The second-order valence-electron chi connectivity index (χ2n) is 7.44. The Morgan fingerprint density at radius 3 is 2.54 bits per heavy atom. The predicted molar refractivity (Wildman–Crippen MR) is 144 cm³/mol. The van der Waals surface area contributed by atoms with Gasteiger partial charge in [0.15, 0.2) is 5.17 Å². The number of carbonyl (C=O) groups is 2. The highest BCUT2D eigenvalue weighted by Crippen LogP contribution is 2.36. The molecule has 0 bridgehead atoms. The second kappa shape index (κ2) is 10.9. The number of aromatic carboxylic acids is 1. The third-order valence-electron chi connectivity index (χ3n) is 4.98. The largest absolute Gasteiger partial charge is 0.488 e. The van der Waals surface area contributed by atoms with Crippen molar-refractivity contribution in [2.24, 2.45) is 4.99 Å². The van der Waals surface area contributed by atoms with E-state index in [1.807, 2.05) is 24.3 Å². The number of nitrogens with zero attached hydrogens (tertiary/aromatic N) is 2. The Kier molecular flexibility index (Phi) is 7.86. The molecule has 1 fully saturated rings. The number of benzene rings is 3. The van der Waals surface area contributed by atoms with Crippen LogP contribution < -0.4 is 4.74 Å². The zero-order valence-electron chi connectivity index (χ0n) is 18.2. The van der Waals surface area contributed by atoms with E-state index >= 15 is 0 Å². The van der Waals surface area contributed by atoms with Gasteiger partial charge in [-0.3, -0.25) is 9.69 Å². The van der Waals surface area contributed by atoms with Crippen LogP contribution in [0.15, 0.2) is 75.0 Å². The van der Waals surface area contributed by atoms with Crippen molar-refractivity contribution in [1.29, 1.82) is 0 Å². The molecule has 35 heavy (non-hydrogen) atoms. The summed E-state index contributed by atoms with van der Waals surface area (Å²) in [5.74, 6) is -0.619. The fourth-order valence-corrected chi connectivity index (χ4v) is 4.81. The smallest absolute Gasteiger partial charge is 0.335 e. The molecule has 1 heterocycles. The third kappa shape index (κ3) is 6.08. The van der Waals surface area contributed by atoms with Crippen molar-refractivity contribution in [2.75, 3.05) is 7.05 Å². The maximum Gasteiger partial charge on any atom is 0.335 e. The lowest BCUT2D eigenvalue weighted by Crippen LogP contribution is -2.23. The van der Waals surface area contributed by atoms with Gasteiger partial charge in [-0.1, -0.05) is 45.2 Å². The number of hydrogen-bond acceptors (Lipinski definition) is 5. The maximum absolute atomic E-state index is 12.9. The zero-order valence-corrected chi connectivity index (χ0v) is 22.1. The number of amidine groups is 1. The van der Waals surface area contributed by atoms with Crippen molar-refractivity contribution in [2.45, 2.75) is 6.61 Å². The van der Waals surface area contributed by atoms with E-state index in [-0.39, 0.29) is 18.1 Å². The fraction of sp³-hybridized carbons (Fsp3) is 0.0800. The van der Waals surface area contributed by atoms with E-state index in [1.54, 1.807) is 37.4 Å². The molecule has 0 radical (unpaired) electrons. The van der Waals surface area contributed by atoms with Gasteiger partial charge in [0.1, 0.15) is 12.4 Å².